The second kappa shape index (κ2) is 7.58. The molecule has 0 saturated heterocycles. The van der Waals surface area contributed by atoms with E-state index in [0.717, 1.165) is 23.6 Å². The van der Waals surface area contributed by atoms with Gasteiger partial charge in [0.05, 0.1) is 26.1 Å². The number of nitrogens with one attached hydrogen (secondary N) is 2. The molecule has 4 saturated carbocycles. The number of nitrogens with zero attached hydrogens (tertiary/aromatic N) is 1. The van der Waals surface area contributed by atoms with E-state index in [9.17, 15) is 8.42 Å². The molecular formula is C23H29N3O4S. The summed E-state index contributed by atoms with van der Waals surface area (Å²) >= 11 is 0. The third-order valence-electron chi connectivity index (χ3n) is 7.11. The molecule has 0 atom stereocenters. The number of hydrogen-bond donors (Lipinski definition) is 2. The molecule has 166 valence electrons. The molecule has 0 amide bonds. The first-order valence-corrected chi connectivity index (χ1v) is 12.4. The Hall–Kier alpha value is -2.48. The molecule has 1 heterocycles. The molecule has 4 aliphatic carbocycles. The lowest BCUT2D eigenvalue weighted by molar-refractivity contribution is 0.0105. The van der Waals surface area contributed by atoms with E-state index in [1.165, 1.54) is 58.8 Å². The summed E-state index contributed by atoms with van der Waals surface area (Å²) in [6.07, 6.45) is 9.42. The van der Waals surface area contributed by atoms with Crippen molar-refractivity contribution in [3.8, 4) is 11.5 Å². The van der Waals surface area contributed by atoms with E-state index in [1.54, 1.807) is 24.4 Å². The van der Waals surface area contributed by atoms with Gasteiger partial charge in [0.15, 0.2) is 0 Å². The number of sulfonamides is 1. The van der Waals surface area contributed by atoms with Gasteiger partial charge in [0.1, 0.15) is 22.2 Å². The van der Waals surface area contributed by atoms with Crippen LogP contribution in [0.2, 0.25) is 0 Å². The summed E-state index contributed by atoms with van der Waals surface area (Å²) in [5, 5.41) is 3.72. The van der Waals surface area contributed by atoms with Crippen LogP contribution in [0.5, 0.6) is 11.5 Å². The highest BCUT2D eigenvalue weighted by Gasteiger charge is 2.51. The number of rotatable bonds is 7. The Morgan fingerprint density at radius 3 is 2.19 bits per heavy atom. The predicted octanol–water partition coefficient (Wildman–Crippen LogP) is 4.28. The first-order chi connectivity index (χ1) is 14.9. The summed E-state index contributed by atoms with van der Waals surface area (Å²) in [6.45, 7) is 0. The van der Waals surface area contributed by atoms with Crippen LogP contribution in [-0.2, 0) is 10.0 Å². The first-order valence-electron chi connectivity index (χ1n) is 10.9. The van der Waals surface area contributed by atoms with Gasteiger partial charge >= 0.3 is 0 Å². The minimum Gasteiger partial charge on any atom is -0.497 e. The van der Waals surface area contributed by atoms with Crippen LogP contribution in [-0.4, -0.2) is 33.2 Å². The quantitative estimate of drug-likeness (QED) is 0.664. The molecule has 8 heteroatoms. The van der Waals surface area contributed by atoms with E-state index in [0.29, 0.717) is 11.4 Å². The lowest BCUT2D eigenvalue weighted by Crippen LogP contribution is -2.54. The zero-order valence-corrected chi connectivity index (χ0v) is 18.7. The number of methoxy groups -OCH3 is 2. The minimum atomic E-state index is -3.86. The molecule has 0 spiro atoms. The van der Waals surface area contributed by atoms with Crippen LogP contribution in [0.15, 0.2) is 41.4 Å². The normalized spacial score (nSPS) is 28.9. The second-order valence-electron chi connectivity index (χ2n) is 9.38. The van der Waals surface area contributed by atoms with E-state index < -0.39 is 10.0 Å². The van der Waals surface area contributed by atoms with Crippen LogP contribution >= 0.6 is 0 Å². The lowest BCUT2D eigenvalue weighted by Gasteiger charge is -2.57. The SMILES string of the molecule is COc1ccc(OC)c(S(=O)(=O)Nc2ccc(NC34CC5CC(CC(C5)C3)C4)nc2)c1. The Bertz CT molecular complexity index is 1030. The monoisotopic (exact) mass is 443 g/mol. The lowest BCUT2D eigenvalue weighted by atomic mass is 9.53. The van der Waals surface area contributed by atoms with Gasteiger partial charge in [0.2, 0.25) is 0 Å². The molecule has 7 nitrogen and oxygen atoms in total. The molecule has 2 aromatic rings. The third kappa shape index (κ3) is 3.93. The Balaban J connectivity index is 1.32. The van der Waals surface area contributed by atoms with E-state index in [2.05, 4.69) is 15.0 Å². The van der Waals surface area contributed by atoms with Gasteiger partial charge in [-0.25, -0.2) is 13.4 Å². The van der Waals surface area contributed by atoms with E-state index in [1.807, 2.05) is 6.07 Å². The van der Waals surface area contributed by atoms with Crippen LogP contribution in [0.4, 0.5) is 11.5 Å². The number of hydrogen-bond acceptors (Lipinski definition) is 6. The maximum Gasteiger partial charge on any atom is 0.265 e. The molecule has 0 radical (unpaired) electrons. The molecule has 31 heavy (non-hydrogen) atoms. The van der Waals surface area contributed by atoms with Crippen LogP contribution in [0.25, 0.3) is 0 Å². The van der Waals surface area contributed by atoms with Crippen molar-refractivity contribution in [2.75, 3.05) is 24.3 Å². The van der Waals surface area contributed by atoms with Crippen LogP contribution in [0.3, 0.4) is 0 Å². The fourth-order valence-electron chi connectivity index (χ4n) is 6.27. The fraction of sp³-hybridized carbons (Fsp3) is 0.522. The highest BCUT2D eigenvalue weighted by molar-refractivity contribution is 7.92. The fourth-order valence-corrected chi connectivity index (χ4v) is 7.50. The van der Waals surface area contributed by atoms with Crippen molar-refractivity contribution in [2.24, 2.45) is 17.8 Å². The van der Waals surface area contributed by atoms with Gasteiger partial charge in [-0.2, -0.15) is 0 Å². The van der Waals surface area contributed by atoms with Crippen molar-refractivity contribution in [3.63, 3.8) is 0 Å². The van der Waals surface area contributed by atoms with E-state index in [-0.39, 0.29) is 16.2 Å². The summed E-state index contributed by atoms with van der Waals surface area (Å²) < 4.78 is 38.9. The summed E-state index contributed by atoms with van der Waals surface area (Å²) in [4.78, 5) is 4.53. The molecule has 0 unspecified atom stereocenters. The van der Waals surface area contributed by atoms with Crippen LogP contribution < -0.4 is 19.5 Å². The van der Waals surface area contributed by atoms with E-state index >= 15 is 0 Å². The van der Waals surface area contributed by atoms with Crippen molar-refractivity contribution in [2.45, 2.75) is 49.0 Å². The standard InChI is InChI=1S/C23H29N3O4S/c1-29-19-4-5-20(30-2)21(10-19)31(27,28)26-18-3-6-22(24-14-18)25-23-11-15-7-16(12-23)9-17(8-15)13-23/h3-6,10,14-17,26H,7-9,11-13H2,1-2H3,(H,24,25). The number of ether oxygens (including phenoxy) is 2. The molecular weight excluding hydrogens is 414 g/mol. The smallest absolute Gasteiger partial charge is 0.265 e. The molecule has 4 fully saturated rings. The molecule has 4 bridgehead atoms. The van der Waals surface area contributed by atoms with Gasteiger partial charge in [-0.15, -0.1) is 0 Å². The van der Waals surface area contributed by atoms with Gasteiger partial charge in [-0.05, 0) is 80.5 Å². The number of benzene rings is 1. The van der Waals surface area contributed by atoms with Crippen molar-refractivity contribution >= 4 is 21.5 Å². The van der Waals surface area contributed by atoms with Gasteiger partial charge in [0, 0.05) is 11.6 Å². The zero-order valence-electron chi connectivity index (χ0n) is 17.9. The first kappa shape index (κ1) is 20.4. The number of pyridine rings is 1. The molecule has 4 aliphatic rings. The van der Waals surface area contributed by atoms with Gasteiger partial charge in [-0.1, -0.05) is 0 Å². The molecule has 0 aliphatic heterocycles. The van der Waals surface area contributed by atoms with Crippen molar-refractivity contribution < 1.29 is 17.9 Å². The Morgan fingerprint density at radius 2 is 1.65 bits per heavy atom. The van der Waals surface area contributed by atoms with Gasteiger partial charge in [-0.3, -0.25) is 4.72 Å². The van der Waals surface area contributed by atoms with Crippen LogP contribution in [0, 0.1) is 17.8 Å². The average molecular weight is 444 g/mol. The van der Waals surface area contributed by atoms with Crippen molar-refractivity contribution in [1.29, 1.82) is 0 Å². The van der Waals surface area contributed by atoms with E-state index in [4.69, 9.17) is 9.47 Å². The molecule has 1 aromatic heterocycles. The maximum atomic E-state index is 12.9. The average Bonchev–Trinajstić information content (AvgIpc) is 2.73. The highest BCUT2D eigenvalue weighted by Crippen LogP contribution is 2.56. The molecule has 1 aromatic carbocycles. The maximum absolute atomic E-state index is 12.9. The number of aromatic nitrogens is 1. The Kier molecular flexibility index (Phi) is 5.00. The van der Waals surface area contributed by atoms with Gasteiger partial charge in [0.25, 0.3) is 10.0 Å². The second-order valence-corrected chi connectivity index (χ2v) is 11.0. The van der Waals surface area contributed by atoms with Gasteiger partial charge < -0.3 is 14.8 Å². The predicted molar refractivity (Wildman–Crippen MR) is 119 cm³/mol. The largest absolute Gasteiger partial charge is 0.497 e. The van der Waals surface area contributed by atoms with Crippen molar-refractivity contribution in [3.05, 3.63) is 36.5 Å². The van der Waals surface area contributed by atoms with Crippen molar-refractivity contribution in [1.82, 2.24) is 4.98 Å². The Labute approximate surface area is 183 Å². The summed E-state index contributed by atoms with van der Waals surface area (Å²) in [5.74, 6) is 4.05. The minimum absolute atomic E-state index is 0.0186. The summed E-state index contributed by atoms with van der Waals surface area (Å²) in [5.41, 5.74) is 0.567. The number of anilines is 2. The highest BCUT2D eigenvalue weighted by atomic mass is 32.2. The summed E-state index contributed by atoms with van der Waals surface area (Å²) in [7, 11) is -0.932. The third-order valence-corrected chi connectivity index (χ3v) is 8.51. The molecule has 2 N–H and O–H groups in total. The molecule has 6 rings (SSSR count). The summed E-state index contributed by atoms with van der Waals surface area (Å²) in [6, 6.07) is 8.28. The Morgan fingerprint density at radius 1 is 0.968 bits per heavy atom. The topological polar surface area (TPSA) is 89.5 Å². The zero-order chi connectivity index (χ0) is 21.6. The van der Waals surface area contributed by atoms with Crippen LogP contribution in [0.1, 0.15) is 38.5 Å².